The zero-order valence-corrected chi connectivity index (χ0v) is 13.6. The van der Waals surface area contributed by atoms with Crippen molar-refractivity contribution in [1.82, 2.24) is 14.8 Å². The molecule has 0 bridgehead atoms. The number of anilines is 1. The second kappa shape index (κ2) is 5.54. The average molecular weight is 334 g/mol. The van der Waals surface area contributed by atoms with Gasteiger partial charge in [-0.3, -0.25) is 4.72 Å². The van der Waals surface area contributed by atoms with Gasteiger partial charge >= 0.3 is 0 Å². The molecule has 3 rings (SSSR count). The minimum absolute atomic E-state index is 0.329. The van der Waals surface area contributed by atoms with Crippen LogP contribution in [0.1, 0.15) is 9.75 Å². The summed E-state index contributed by atoms with van der Waals surface area (Å²) in [5.41, 5.74) is 1.31. The Morgan fingerprint density at radius 1 is 1.18 bits per heavy atom. The number of sulfonamides is 1. The Kier molecular flexibility index (Phi) is 3.71. The van der Waals surface area contributed by atoms with Gasteiger partial charge in [-0.15, -0.1) is 11.3 Å². The molecule has 0 radical (unpaired) electrons. The van der Waals surface area contributed by atoms with Crippen LogP contribution >= 0.6 is 11.3 Å². The monoisotopic (exact) mass is 334 g/mol. The molecule has 0 spiro atoms. The maximum atomic E-state index is 12.4. The number of aromatic nitrogens is 3. The fraction of sp³-hybridized carbons (Fsp3) is 0.143. The zero-order valence-electron chi connectivity index (χ0n) is 12.0. The fourth-order valence-electron chi connectivity index (χ4n) is 2.11. The van der Waals surface area contributed by atoms with Gasteiger partial charge in [-0.25, -0.2) is 18.1 Å². The highest BCUT2D eigenvalue weighted by Crippen LogP contribution is 2.26. The molecule has 1 aromatic carbocycles. The van der Waals surface area contributed by atoms with Gasteiger partial charge in [0.1, 0.15) is 17.6 Å². The summed E-state index contributed by atoms with van der Waals surface area (Å²) >= 11 is 1.47. The van der Waals surface area contributed by atoms with Crippen molar-refractivity contribution < 1.29 is 8.42 Å². The van der Waals surface area contributed by atoms with Crippen molar-refractivity contribution in [3.63, 3.8) is 0 Å². The van der Waals surface area contributed by atoms with E-state index in [1.54, 1.807) is 48.3 Å². The lowest BCUT2D eigenvalue weighted by molar-refractivity contribution is 0.601. The summed E-state index contributed by atoms with van der Waals surface area (Å²) in [6.45, 7) is 3.70. The lowest BCUT2D eigenvalue weighted by atomic mass is 10.3. The minimum Gasteiger partial charge on any atom is -0.280 e. The molecular weight excluding hydrogens is 320 g/mol. The Hall–Kier alpha value is -2.19. The number of nitrogens with zero attached hydrogens (tertiary/aromatic N) is 3. The summed E-state index contributed by atoms with van der Waals surface area (Å²) in [5.74, 6) is 0. The molecule has 114 valence electrons. The lowest BCUT2D eigenvalue weighted by Crippen LogP contribution is -2.13. The summed E-state index contributed by atoms with van der Waals surface area (Å²) in [5, 5.41) is 4.02. The molecule has 0 amide bonds. The third-order valence-corrected chi connectivity index (χ3v) is 5.69. The average Bonchev–Trinajstić information content (AvgIpc) is 3.09. The standard InChI is InChI=1S/C14H14N4O2S2/c1-10-7-14(11(2)21-10)22(19,20)17-12-3-5-13(6-4-12)18-9-15-8-16-18/h3-9,17H,1-2H3. The number of benzene rings is 1. The van der Waals surface area contributed by atoms with Crippen LogP contribution < -0.4 is 4.72 Å². The van der Waals surface area contributed by atoms with Gasteiger partial charge in [-0.1, -0.05) is 0 Å². The summed E-state index contributed by atoms with van der Waals surface area (Å²) in [7, 11) is -3.56. The SMILES string of the molecule is Cc1cc(S(=O)(=O)Nc2ccc(-n3cncn3)cc2)c(C)s1. The Morgan fingerprint density at radius 3 is 2.45 bits per heavy atom. The van der Waals surface area contributed by atoms with E-state index in [9.17, 15) is 8.42 Å². The predicted octanol–water partition coefficient (Wildman–Crippen LogP) is 2.75. The minimum atomic E-state index is -3.56. The number of thiophene rings is 1. The smallest absolute Gasteiger partial charge is 0.262 e. The summed E-state index contributed by atoms with van der Waals surface area (Å²) in [4.78, 5) is 5.96. The summed E-state index contributed by atoms with van der Waals surface area (Å²) < 4.78 is 29.0. The van der Waals surface area contributed by atoms with Crippen LogP contribution in [-0.4, -0.2) is 23.2 Å². The highest BCUT2D eigenvalue weighted by atomic mass is 32.2. The van der Waals surface area contributed by atoms with Gasteiger partial charge in [-0.2, -0.15) is 5.10 Å². The van der Waals surface area contributed by atoms with Gasteiger partial charge in [0.2, 0.25) is 0 Å². The van der Waals surface area contributed by atoms with Crippen LogP contribution in [0.2, 0.25) is 0 Å². The van der Waals surface area contributed by atoms with E-state index in [2.05, 4.69) is 14.8 Å². The fourth-order valence-corrected chi connectivity index (χ4v) is 4.72. The van der Waals surface area contributed by atoms with Crippen molar-refractivity contribution in [2.75, 3.05) is 4.72 Å². The topological polar surface area (TPSA) is 76.9 Å². The van der Waals surface area contributed by atoms with Gasteiger partial charge in [0.25, 0.3) is 10.0 Å². The number of hydrogen-bond acceptors (Lipinski definition) is 5. The Labute approximate surface area is 132 Å². The highest BCUT2D eigenvalue weighted by Gasteiger charge is 2.19. The number of rotatable bonds is 4. The van der Waals surface area contributed by atoms with Crippen LogP contribution in [0.5, 0.6) is 0 Å². The van der Waals surface area contributed by atoms with E-state index in [4.69, 9.17) is 0 Å². The Balaban J connectivity index is 1.85. The molecule has 0 unspecified atom stereocenters. The van der Waals surface area contributed by atoms with E-state index < -0.39 is 10.0 Å². The molecule has 2 heterocycles. The van der Waals surface area contributed by atoms with Crippen molar-refractivity contribution in [3.8, 4) is 5.69 Å². The quantitative estimate of drug-likeness (QED) is 0.796. The molecule has 0 saturated carbocycles. The maximum absolute atomic E-state index is 12.4. The van der Waals surface area contributed by atoms with E-state index in [0.717, 1.165) is 15.4 Å². The van der Waals surface area contributed by atoms with Gasteiger partial charge in [0, 0.05) is 15.4 Å². The molecular formula is C14H14N4O2S2. The Bertz CT molecular complexity index is 882. The van der Waals surface area contributed by atoms with Crippen LogP contribution in [0.4, 0.5) is 5.69 Å². The third-order valence-electron chi connectivity index (χ3n) is 3.09. The molecule has 0 aliphatic heterocycles. The Morgan fingerprint density at radius 2 is 1.91 bits per heavy atom. The number of nitrogens with one attached hydrogen (secondary N) is 1. The van der Waals surface area contributed by atoms with Gasteiger partial charge in [-0.05, 0) is 44.2 Å². The van der Waals surface area contributed by atoms with E-state index in [1.807, 2.05) is 6.92 Å². The second-order valence-corrected chi connectivity index (χ2v) is 7.88. The van der Waals surface area contributed by atoms with E-state index in [-0.39, 0.29) is 0 Å². The largest absolute Gasteiger partial charge is 0.280 e. The van der Waals surface area contributed by atoms with Crippen molar-refractivity contribution >= 4 is 27.0 Å². The second-order valence-electron chi connectivity index (χ2n) is 4.77. The molecule has 0 saturated heterocycles. The van der Waals surface area contributed by atoms with Crippen LogP contribution in [0.3, 0.4) is 0 Å². The lowest BCUT2D eigenvalue weighted by Gasteiger charge is -2.08. The predicted molar refractivity (Wildman–Crippen MR) is 86.0 cm³/mol. The van der Waals surface area contributed by atoms with Gasteiger partial charge < -0.3 is 0 Å². The van der Waals surface area contributed by atoms with Gasteiger partial charge in [0.15, 0.2) is 0 Å². The van der Waals surface area contributed by atoms with Crippen LogP contribution in [0.15, 0.2) is 47.9 Å². The van der Waals surface area contributed by atoms with Crippen molar-refractivity contribution in [3.05, 3.63) is 52.7 Å². The molecule has 1 N–H and O–H groups in total. The molecule has 3 aromatic rings. The molecule has 0 aliphatic rings. The normalized spacial score (nSPS) is 11.5. The molecule has 0 aliphatic carbocycles. The number of hydrogen-bond donors (Lipinski definition) is 1. The van der Waals surface area contributed by atoms with Gasteiger partial charge in [0.05, 0.1) is 5.69 Å². The maximum Gasteiger partial charge on any atom is 0.262 e. The third kappa shape index (κ3) is 2.88. The first-order valence-corrected chi connectivity index (χ1v) is 8.80. The first-order valence-electron chi connectivity index (χ1n) is 6.50. The van der Waals surface area contributed by atoms with Crippen molar-refractivity contribution in [1.29, 1.82) is 0 Å². The first-order chi connectivity index (χ1) is 10.5. The van der Waals surface area contributed by atoms with Crippen LogP contribution in [0.25, 0.3) is 5.69 Å². The molecule has 0 atom stereocenters. The molecule has 0 fully saturated rings. The first kappa shape index (κ1) is 14.7. The van der Waals surface area contributed by atoms with Crippen molar-refractivity contribution in [2.45, 2.75) is 18.7 Å². The molecule has 2 aromatic heterocycles. The van der Waals surface area contributed by atoms with E-state index in [1.165, 1.54) is 17.7 Å². The van der Waals surface area contributed by atoms with Crippen LogP contribution in [-0.2, 0) is 10.0 Å². The van der Waals surface area contributed by atoms with Crippen LogP contribution in [0, 0.1) is 13.8 Å². The molecule has 22 heavy (non-hydrogen) atoms. The van der Waals surface area contributed by atoms with E-state index in [0.29, 0.717) is 10.6 Å². The highest BCUT2D eigenvalue weighted by molar-refractivity contribution is 7.93. The zero-order chi connectivity index (χ0) is 15.7. The number of aryl methyl sites for hydroxylation is 2. The van der Waals surface area contributed by atoms with Crippen molar-refractivity contribution in [2.24, 2.45) is 0 Å². The summed E-state index contributed by atoms with van der Waals surface area (Å²) in [6, 6.07) is 8.63. The summed E-state index contributed by atoms with van der Waals surface area (Å²) in [6.07, 6.45) is 3.02. The molecule has 8 heteroatoms. The molecule has 6 nitrogen and oxygen atoms in total. The van der Waals surface area contributed by atoms with E-state index >= 15 is 0 Å².